The molecular formula is C12H17N5. The van der Waals surface area contributed by atoms with Crippen molar-refractivity contribution < 1.29 is 0 Å². The molecule has 2 aromatic rings. The van der Waals surface area contributed by atoms with Gasteiger partial charge in [0.1, 0.15) is 0 Å². The highest BCUT2D eigenvalue weighted by Crippen LogP contribution is 2.10. The first-order valence-electron chi connectivity index (χ1n) is 5.91. The zero-order valence-corrected chi connectivity index (χ0v) is 10.1. The van der Waals surface area contributed by atoms with Crippen molar-refractivity contribution in [1.82, 2.24) is 15.2 Å². The van der Waals surface area contributed by atoms with Crippen molar-refractivity contribution in [1.29, 1.82) is 0 Å². The largest absolute Gasteiger partial charge is 0.353 e. The molecule has 5 nitrogen and oxygen atoms in total. The number of rotatable bonds is 1. The molecule has 1 aromatic carbocycles. The molecule has 90 valence electrons. The van der Waals surface area contributed by atoms with Crippen LogP contribution in [0.2, 0.25) is 0 Å². The SMILES string of the molecule is CC.c1ccc2c(c1)cnn2NC1=NCCN1. The van der Waals surface area contributed by atoms with E-state index in [1.54, 1.807) is 4.79 Å². The molecule has 0 aliphatic carbocycles. The van der Waals surface area contributed by atoms with E-state index in [9.17, 15) is 0 Å². The van der Waals surface area contributed by atoms with Crippen LogP contribution in [-0.4, -0.2) is 28.9 Å². The van der Waals surface area contributed by atoms with Gasteiger partial charge in [-0.3, -0.25) is 0 Å². The third-order valence-electron chi connectivity index (χ3n) is 2.36. The number of nitrogens with one attached hydrogen (secondary N) is 2. The lowest BCUT2D eigenvalue weighted by atomic mass is 10.3. The number of para-hydroxylation sites is 1. The van der Waals surface area contributed by atoms with Gasteiger partial charge in [0.25, 0.3) is 0 Å². The van der Waals surface area contributed by atoms with Gasteiger partial charge in [-0.05, 0) is 6.07 Å². The molecule has 0 unspecified atom stereocenters. The average molecular weight is 231 g/mol. The second kappa shape index (κ2) is 5.34. The highest BCUT2D eigenvalue weighted by molar-refractivity contribution is 5.90. The van der Waals surface area contributed by atoms with Crippen molar-refractivity contribution in [3.05, 3.63) is 30.5 Å². The van der Waals surface area contributed by atoms with Crippen LogP contribution in [-0.2, 0) is 0 Å². The number of hydrogen-bond acceptors (Lipinski definition) is 4. The van der Waals surface area contributed by atoms with Crippen molar-refractivity contribution >= 4 is 16.9 Å². The van der Waals surface area contributed by atoms with Gasteiger partial charge in [-0.2, -0.15) is 9.89 Å². The molecule has 2 N–H and O–H groups in total. The van der Waals surface area contributed by atoms with Gasteiger partial charge in [0, 0.05) is 11.9 Å². The summed E-state index contributed by atoms with van der Waals surface area (Å²) in [7, 11) is 0. The van der Waals surface area contributed by atoms with Gasteiger partial charge in [0.15, 0.2) is 0 Å². The number of guanidine groups is 1. The fourth-order valence-electron chi connectivity index (χ4n) is 1.63. The summed E-state index contributed by atoms with van der Waals surface area (Å²) >= 11 is 0. The molecule has 3 rings (SSSR count). The molecule has 0 spiro atoms. The van der Waals surface area contributed by atoms with Gasteiger partial charge in [0.2, 0.25) is 5.96 Å². The van der Waals surface area contributed by atoms with E-state index < -0.39 is 0 Å². The summed E-state index contributed by atoms with van der Waals surface area (Å²) < 4.78 is 0. The zero-order valence-electron chi connectivity index (χ0n) is 10.1. The monoisotopic (exact) mass is 231 g/mol. The van der Waals surface area contributed by atoms with Crippen LogP contribution in [0.5, 0.6) is 0 Å². The van der Waals surface area contributed by atoms with E-state index in [1.165, 1.54) is 0 Å². The molecule has 0 atom stereocenters. The van der Waals surface area contributed by atoms with Crippen LogP contribution >= 0.6 is 0 Å². The van der Waals surface area contributed by atoms with Gasteiger partial charge < -0.3 is 5.32 Å². The topological polar surface area (TPSA) is 54.2 Å². The summed E-state index contributed by atoms with van der Waals surface area (Å²) in [6, 6.07) is 8.04. The molecule has 17 heavy (non-hydrogen) atoms. The van der Waals surface area contributed by atoms with E-state index in [0.717, 1.165) is 30.0 Å². The van der Waals surface area contributed by atoms with Gasteiger partial charge in [-0.25, -0.2) is 10.4 Å². The Morgan fingerprint density at radius 2 is 2.12 bits per heavy atom. The molecule has 2 heterocycles. The van der Waals surface area contributed by atoms with Crippen molar-refractivity contribution in [2.24, 2.45) is 4.99 Å². The maximum Gasteiger partial charge on any atom is 0.212 e. The van der Waals surface area contributed by atoms with Gasteiger partial charge in [-0.15, -0.1) is 0 Å². The third-order valence-corrected chi connectivity index (χ3v) is 2.36. The standard InChI is InChI=1S/C10H11N5.C2H6/c1-2-4-9-8(3-1)7-13-15(9)14-10-11-5-6-12-10;1-2/h1-4,7H,5-6H2,(H2,11,12,14);1-2H3. The van der Waals surface area contributed by atoms with Crippen LogP contribution in [0.1, 0.15) is 13.8 Å². The Morgan fingerprint density at radius 3 is 2.88 bits per heavy atom. The van der Waals surface area contributed by atoms with Crippen molar-refractivity contribution in [3.8, 4) is 0 Å². The molecular weight excluding hydrogens is 214 g/mol. The van der Waals surface area contributed by atoms with Crippen molar-refractivity contribution in [2.75, 3.05) is 18.5 Å². The van der Waals surface area contributed by atoms with E-state index in [-0.39, 0.29) is 0 Å². The Bertz CT molecular complexity index is 514. The lowest BCUT2D eigenvalue weighted by Gasteiger charge is -2.06. The second-order valence-electron chi connectivity index (χ2n) is 3.38. The molecule has 0 saturated heterocycles. The predicted octanol–water partition coefficient (Wildman–Crippen LogP) is 1.57. The molecule has 0 bridgehead atoms. The smallest absolute Gasteiger partial charge is 0.212 e. The van der Waals surface area contributed by atoms with Crippen molar-refractivity contribution in [2.45, 2.75) is 13.8 Å². The van der Waals surface area contributed by atoms with Gasteiger partial charge in [0.05, 0.1) is 18.3 Å². The molecule has 1 aliphatic heterocycles. The van der Waals surface area contributed by atoms with Crippen LogP contribution in [0.3, 0.4) is 0 Å². The minimum Gasteiger partial charge on any atom is -0.353 e. The van der Waals surface area contributed by atoms with Crippen LogP contribution in [0, 0.1) is 0 Å². The maximum absolute atomic E-state index is 4.25. The number of hydrogen-bond donors (Lipinski definition) is 2. The van der Waals surface area contributed by atoms with Crippen LogP contribution in [0.4, 0.5) is 0 Å². The van der Waals surface area contributed by atoms with Gasteiger partial charge >= 0.3 is 0 Å². The van der Waals surface area contributed by atoms with Crippen LogP contribution < -0.4 is 10.7 Å². The van der Waals surface area contributed by atoms with E-state index in [1.807, 2.05) is 44.3 Å². The summed E-state index contributed by atoms with van der Waals surface area (Å²) in [4.78, 5) is 5.98. The summed E-state index contributed by atoms with van der Waals surface area (Å²) in [5, 5.41) is 8.50. The molecule has 0 saturated carbocycles. The average Bonchev–Trinajstić information content (AvgIpc) is 3.03. The second-order valence-corrected chi connectivity index (χ2v) is 3.38. The van der Waals surface area contributed by atoms with Crippen LogP contribution in [0.25, 0.3) is 10.9 Å². The van der Waals surface area contributed by atoms with E-state index >= 15 is 0 Å². The fourth-order valence-corrected chi connectivity index (χ4v) is 1.63. The zero-order chi connectivity index (χ0) is 12.1. The quantitative estimate of drug-likeness (QED) is 0.783. The first kappa shape index (κ1) is 11.4. The molecule has 1 aliphatic rings. The van der Waals surface area contributed by atoms with Crippen LogP contribution in [0.15, 0.2) is 35.5 Å². The molecule has 0 fully saturated rings. The Morgan fingerprint density at radius 1 is 1.29 bits per heavy atom. The highest BCUT2D eigenvalue weighted by atomic mass is 15.6. The van der Waals surface area contributed by atoms with E-state index in [4.69, 9.17) is 0 Å². The summed E-state index contributed by atoms with van der Waals surface area (Å²) in [6.07, 6.45) is 1.83. The third kappa shape index (κ3) is 2.38. The molecule has 1 aromatic heterocycles. The Hall–Kier alpha value is -2.04. The number of benzene rings is 1. The van der Waals surface area contributed by atoms with E-state index in [0.29, 0.717) is 0 Å². The lowest BCUT2D eigenvalue weighted by Crippen LogP contribution is -2.32. The summed E-state index contributed by atoms with van der Waals surface area (Å²) in [6.45, 7) is 5.71. The lowest BCUT2D eigenvalue weighted by molar-refractivity contribution is 0.831. The number of aliphatic imine (C=N–C) groups is 1. The Balaban J connectivity index is 0.000000514. The maximum atomic E-state index is 4.25. The fraction of sp³-hybridized carbons (Fsp3) is 0.333. The van der Waals surface area contributed by atoms with Gasteiger partial charge in [-0.1, -0.05) is 32.0 Å². The number of aromatic nitrogens is 2. The summed E-state index contributed by atoms with van der Waals surface area (Å²) in [5.41, 5.74) is 4.16. The first-order chi connectivity index (χ1) is 8.43. The minimum atomic E-state index is 0.781. The molecule has 0 amide bonds. The van der Waals surface area contributed by atoms with Crippen molar-refractivity contribution in [3.63, 3.8) is 0 Å². The summed E-state index contributed by atoms with van der Waals surface area (Å²) in [5.74, 6) is 0.781. The Labute approximate surface area is 101 Å². The molecule has 5 heteroatoms. The van der Waals surface area contributed by atoms with E-state index in [2.05, 4.69) is 20.8 Å². The number of fused-ring (bicyclic) bond motifs is 1. The normalized spacial score (nSPS) is 13.6. The number of nitrogens with zero attached hydrogens (tertiary/aromatic N) is 3. The predicted molar refractivity (Wildman–Crippen MR) is 70.7 cm³/mol. The first-order valence-corrected chi connectivity index (χ1v) is 5.91. The minimum absolute atomic E-state index is 0.781. The Kier molecular flexibility index (Phi) is 3.59. The highest BCUT2D eigenvalue weighted by Gasteiger charge is 2.06. The molecule has 0 radical (unpaired) electrons.